The minimum atomic E-state index is 0.373. The maximum absolute atomic E-state index is 8.78. The van der Waals surface area contributed by atoms with Crippen LogP contribution in [0.3, 0.4) is 0 Å². The van der Waals surface area contributed by atoms with Gasteiger partial charge in [-0.3, -0.25) is 0 Å². The first-order valence-corrected chi connectivity index (χ1v) is 5.26. The third kappa shape index (κ3) is 3.01. The smallest absolute Gasteiger partial charge is 0.224 e. The van der Waals surface area contributed by atoms with E-state index in [0.29, 0.717) is 18.2 Å². The number of imidazole rings is 1. The lowest BCUT2D eigenvalue weighted by molar-refractivity contribution is 0.908. The predicted octanol–water partition coefficient (Wildman–Crippen LogP) is 1.03. The van der Waals surface area contributed by atoms with Crippen molar-refractivity contribution in [3.63, 3.8) is 0 Å². The van der Waals surface area contributed by atoms with Crippen LogP contribution in [0.5, 0.6) is 0 Å². The molecule has 6 nitrogen and oxygen atoms in total. The number of aromatic nitrogens is 4. The fourth-order valence-electron chi connectivity index (χ4n) is 1.43. The number of nitrogens with one attached hydrogen (secondary N) is 2. The van der Waals surface area contributed by atoms with Crippen LogP contribution in [0.1, 0.15) is 17.2 Å². The molecule has 6 heteroatoms. The molecule has 0 aromatic carbocycles. The van der Waals surface area contributed by atoms with Crippen LogP contribution in [0.2, 0.25) is 0 Å². The molecule has 0 saturated carbocycles. The monoisotopic (exact) mass is 228 g/mol. The summed E-state index contributed by atoms with van der Waals surface area (Å²) in [5.74, 6) is 1.39. The molecule has 2 rings (SSSR count). The topological polar surface area (TPSA) is 90.3 Å². The van der Waals surface area contributed by atoms with Crippen molar-refractivity contribution < 1.29 is 0 Å². The standard InChI is InChI=1S/C11H12N6/c1-8-6-9(7-12)17-11(16-8)15-3-2-10-13-4-5-14-10/h4-6H,2-3H2,1H3,(H,13,14)(H,15,16,17). The summed E-state index contributed by atoms with van der Waals surface area (Å²) in [5.41, 5.74) is 1.15. The number of hydrogen-bond acceptors (Lipinski definition) is 5. The van der Waals surface area contributed by atoms with Gasteiger partial charge in [-0.25, -0.2) is 15.0 Å². The first-order chi connectivity index (χ1) is 8.28. The summed E-state index contributed by atoms with van der Waals surface area (Å²) in [6.45, 7) is 2.50. The van der Waals surface area contributed by atoms with Gasteiger partial charge >= 0.3 is 0 Å². The zero-order valence-corrected chi connectivity index (χ0v) is 9.44. The van der Waals surface area contributed by atoms with Gasteiger partial charge in [0.05, 0.1) is 0 Å². The minimum absolute atomic E-state index is 0.373. The summed E-state index contributed by atoms with van der Waals surface area (Å²) in [5, 5.41) is 11.8. The molecule has 0 amide bonds. The number of aryl methyl sites for hydroxylation is 1. The number of hydrogen-bond donors (Lipinski definition) is 2. The van der Waals surface area contributed by atoms with E-state index in [1.54, 1.807) is 18.5 Å². The number of H-pyrrole nitrogens is 1. The van der Waals surface area contributed by atoms with Crippen LogP contribution >= 0.6 is 0 Å². The van der Waals surface area contributed by atoms with E-state index in [1.165, 1.54) is 0 Å². The Morgan fingerprint density at radius 1 is 1.47 bits per heavy atom. The van der Waals surface area contributed by atoms with Gasteiger partial charge in [-0.05, 0) is 13.0 Å². The van der Waals surface area contributed by atoms with E-state index in [9.17, 15) is 0 Å². The van der Waals surface area contributed by atoms with Gasteiger partial charge in [0.2, 0.25) is 5.95 Å². The SMILES string of the molecule is Cc1cc(C#N)nc(NCCc2ncc[nH]2)n1. The van der Waals surface area contributed by atoms with Crippen LogP contribution in [0.4, 0.5) is 5.95 Å². The Morgan fingerprint density at radius 2 is 2.35 bits per heavy atom. The molecule has 0 atom stereocenters. The molecular weight excluding hydrogens is 216 g/mol. The van der Waals surface area contributed by atoms with Gasteiger partial charge in [-0.2, -0.15) is 5.26 Å². The third-order valence-electron chi connectivity index (χ3n) is 2.17. The molecule has 2 aromatic rings. The van der Waals surface area contributed by atoms with Crippen molar-refractivity contribution in [3.8, 4) is 6.07 Å². The van der Waals surface area contributed by atoms with E-state index in [1.807, 2.05) is 13.0 Å². The first kappa shape index (κ1) is 11.1. The van der Waals surface area contributed by atoms with Gasteiger partial charge in [-0.15, -0.1) is 0 Å². The fraction of sp³-hybridized carbons (Fsp3) is 0.273. The van der Waals surface area contributed by atoms with E-state index in [2.05, 4.69) is 25.3 Å². The van der Waals surface area contributed by atoms with Crippen LogP contribution in [0, 0.1) is 18.3 Å². The average molecular weight is 228 g/mol. The second-order valence-electron chi connectivity index (χ2n) is 3.54. The molecule has 17 heavy (non-hydrogen) atoms. The fourth-order valence-corrected chi connectivity index (χ4v) is 1.43. The maximum Gasteiger partial charge on any atom is 0.224 e. The number of nitriles is 1. The van der Waals surface area contributed by atoms with Crippen molar-refractivity contribution in [2.75, 3.05) is 11.9 Å². The molecule has 0 fully saturated rings. The summed E-state index contributed by atoms with van der Waals surface area (Å²) in [6.07, 6.45) is 4.25. The Balaban J connectivity index is 1.95. The number of rotatable bonds is 4. The summed E-state index contributed by atoms with van der Waals surface area (Å²) < 4.78 is 0. The predicted molar refractivity (Wildman–Crippen MR) is 62.3 cm³/mol. The number of aromatic amines is 1. The first-order valence-electron chi connectivity index (χ1n) is 5.26. The summed E-state index contributed by atoms with van der Waals surface area (Å²) in [7, 11) is 0. The summed E-state index contributed by atoms with van der Waals surface area (Å²) in [6, 6.07) is 3.65. The van der Waals surface area contributed by atoms with Crippen molar-refractivity contribution in [2.24, 2.45) is 0 Å². The molecule has 0 aliphatic heterocycles. The van der Waals surface area contributed by atoms with Crippen LogP contribution in [0.25, 0.3) is 0 Å². The Bertz CT molecular complexity index is 525. The molecule has 0 spiro atoms. The van der Waals surface area contributed by atoms with Gasteiger partial charge < -0.3 is 10.3 Å². The summed E-state index contributed by atoms with van der Waals surface area (Å²) in [4.78, 5) is 15.4. The quantitative estimate of drug-likeness (QED) is 0.815. The van der Waals surface area contributed by atoms with Crippen molar-refractivity contribution in [1.82, 2.24) is 19.9 Å². The van der Waals surface area contributed by atoms with Crippen molar-refractivity contribution in [1.29, 1.82) is 5.26 Å². The van der Waals surface area contributed by atoms with E-state index >= 15 is 0 Å². The van der Waals surface area contributed by atoms with Crippen molar-refractivity contribution in [3.05, 3.63) is 35.7 Å². The molecule has 0 unspecified atom stereocenters. The lowest BCUT2D eigenvalue weighted by atomic mass is 10.3. The van der Waals surface area contributed by atoms with E-state index in [0.717, 1.165) is 17.9 Å². The van der Waals surface area contributed by atoms with Crippen LogP contribution in [-0.2, 0) is 6.42 Å². The lowest BCUT2D eigenvalue weighted by Gasteiger charge is -2.04. The van der Waals surface area contributed by atoms with E-state index in [4.69, 9.17) is 5.26 Å². The summed E-state index contributed by atoms with van der Waals surface area (Å²) >= 11 is 0. The molecule has 86 valence electrons. The van der Waals surface area contributed by atoms with Gasteiger partial charge in [0, 0.05) is 31.1 Å². The minimum Gasteiger partial charge on any atom is -0.354 e. The average Bonchev–Trinajstić information content (AvgIpc) is 2.81. The molecule has 0 aliphatic rings. The Kier molecular flexibility index (Phi) is 3.31. The Hall–Kier alpha value is -2.42. The highest BCUT2D eigenvalue weighted by Gasteiger charge is 2.01. The van der Waals surface area contributed by atoms with Crippen LogP contribution < -0.4 is 5.32 Å². The Morgan fingerprint density at radius 3 is 3.06 bits per heavy atom. The van der Waals surface area contributed by atoms with Gasteiger partial charge in [-0.1, -0.05) is 0 Å². The molecule has 0 saturated heterocycles. The molecule has 2 heterocycles. The normalized spacial score (nSPS) is 9.88. The molecule has 2 N–H and O–H groups in total. The number of nitrogens with zero attached hydrogens (tertiary/aromatic N) is 4. The molecule has 0 aliphatic carbocycles. The van der Waals surface area contributed by atoms with Gasteiger partial charge in [0.1, 0.15) is 17.6 Å². The molecule has 2 aromatic heterocycles. The highest BCUT2D eigenvalue weighted by atomic mass is 15.1. The largest absolute Gasteiger partial charge is 0.354 e. The van der Waals surface area contributed by atoms with E-state index < -0.39 is 0 Å². The zero-order valence-electron chi connectivity index (χ0n) is 9.44. The Labute approximate surface area is 98.8 Å². The highest BCUT2D eigenvalue weighted by Crippen LogP contribution is 2.03. The van der Waals surface area contributed by atoms with Gasteiger partial charge in [0.25, 0.3) is 0 Å². The maximum atomic E-state index is 8.78. The lowest BCUT2D eigenvalue weighted by Crippen LogP contribution is -2.09. The zero-order chi connectivity index (χ0) is 12.1. The number of anilines is 1. The molecular formula is C11H12N6. The van der Waals surface area contributed by atoms with Crippen LogP contribution in [0.15, 0.2) is 18.5 Å². The van der Waals surface area contributed by atoms with Crippen molar-refractivity contribution in [2.45, 2.75) is 13.3 Å². The second-order valence-corrected chi connectivity index (χ2v) is 3.54. The van der Waals surface area contributed by atoms with Crippen molar-refractivity contribution >= 4 is 5.95 Å². The van der Waals surface area contributed by atoms with E-state index in [-0.39, 0.29) is 0 Å². The second kappa shape index (κ2) is 5.07. The van der Waals surface area contributed by atoms with Crippen LogP contribution in [-0.4, -0.2) is 26.5 Å². The molecule has 0 radical (unpaired) electrons. The highest BCUT2D eigenvalue weighted by molar-refractivity contribution is 5.32. The third-order valence-corrected chi connectivity index (χ3v) is 2.17. The van der Waals surface area contributed by atoms with Gasteiger partial charge in [0.15, 0.2) is 0 Å². The molecule has 0 bridgehead atoms.